The zero-order chi connectivity index (χ0) is 16.4. The molecule has 118 valence electrons. The molecule has 1 amide bonds. The lowest BCUT2D eigenvalue weighted by Crippen LogP contribution is -2.52. The van der Waals surface area contributed by atoms with Crippen LogP contribution in [0.1, 0.15) is 26.3 Å². The second-order valence-corrected chi connectivity index (χ2v) is 7.52. The Hall–Kier alpha value is -1.51. The summed E-state index contributed by atoms with van der Waals surface area (Å²) in [4.78, 5) is 11.5. The van der Waals surface area contributed by atoms with E-state index < -0.39 is 33.2 Å². The Morgan fingerprint density at radius 3 is 2.33 bits per heavy atom. The van der Waals surface area contributed by atoms with Crippen LogP contribution in [0.15, 0.2) is 23.1 Å². The lowest BCUT2D eigenvalue weighted by Gasteiger charge is -2.29. The molecule has 0 fully saturated rings. The molecular formula is C13H19FN2O4S. The van der Waals surface area contributed by atoms with E-state index in [9.17, 15) is 17.6 Å². The highest BCUT2D eigenvalue weighted by molar-refractivity contribution is 7.89. The molecule has 0 saturated carbocycles. The quantitative estimate of drug-likeness (QED) is 0.576. The number of benzene rings is 1. The van der Waals surface area contributed by atoms with Gasteiger partial charge in [0.05, 0.1) is 4.90 Å². The maximum Gasteiger partial charge on any atom is 0.262 e. The second kappa shape index (κ2) is 6.08. The van der Waals surface area contributed by atoms with Crippen LogP contribution >= 0.6 is 0 Å². The number of carbonyl (C=O) groups is 1. The highest BCUT2D eigenvalue weighted by Crippen LogP contribution is 2.22. The maximum absolute atomic E-state index is 13.2. The van der Waals surface area contributed by atoms with Crippen molar-refractivity contribution < 1.29 is 22.8 Å². The SMILES string of the molecule is Cc1cc(S(=O)(=O)N[C@@H](C(=O)NO)C(C)(C)C)ccc1F. The molecule has 0 radical (unpaired) electrons. The number of rotatable bonds is 4. The van der Waals surface area contributed by atoms with E-state index >= 15 is 0 Å². The Labute approximate surface area is 123 Å². The van der Waals surface area contributed by atoms with Gasteiger partial charge in [0.15, 0.2) is 0 Å². The molecule has 0 aliphatic rings. The zero-order valence-corrected chi connectivity index (χ0v) is 13.1. The lowest BCUT2D eigenvalue weighted by molar-refractivity contribution is -0.133. The second-order valence-electron chi connectivity index (χ2n) is 5.81. The molecule has 0 heterocycles. The summed E-state index contributed by atoms with van der Waals surface area (Å²) in [5, 5.41) is 8.73. The van der Waals surface area contributed by atoms with E-state index in [-0.39, 0.29) is 10.5 Å². The van der Waals surface area contributed by atoms with Crippen molar-refractivity contribution in [3.05, 3.63) is 29.6 Å². The fourth-order valence-electron chi connectivity index (χ4n) is 1.70. The first-order chi connectivity index (χ1) is 9.49. The largest absolute Gasteiger partial charge is 0.289 e. The topological polar surface area (TPSA) is 95.5 Å². The number of hydrogen-bond donors (Lipinski definition) is 3. The molecule has 0 aliphatic carbocycles. The van der Waals surface area contributed by atoms with Gasteiger partial charge in [0.25, 0.3) is 5.91 Å². The van der Waals surface area contributed by atoms with Gasteiger partial charge in [0.2, 0.25) is 10.0 Å². The number of sulfonamides is 1. The molecule has 0 aliphatic heterocycles. The Morgan fingerprint density at radius 1 is 1.33 bits per heavy atom. The fraction of sp³-hybridized carbons (Fsp3) is 0.462. The molecule has 0 saturated heterocycles. The summed E-state index contributed by atoms with van der Waals surface area (Å²) in [6.07, 6.45) is 0. The predicted octanol–water partition coefficient (Wildman–Crippen LogP) is 1.33. The van der Waals surface area contributed by atoms with Crippen molar-refractivity contribution in [2.45, 2.75) is 38.6 Å². The van der Waals surface area contributed by atoms with E-state index in [1.807, 2.05) is 0 Å². The molecule has 1 atom stereocenters. The van der Waals surface area contributed by atoms with Gasteiger partial charge in [-0.05, 0) is 36.1 Å². The summed E-state index contributed by atoms with van der Waals surface area (Å²) >= 11 is 0. The standard InChI is InChI=1S/C13H19FN2O4S/c1-8-7-9(5-6-10(8)14)21(19,20)16-11(12(17)15-18)13(2,3)4/h5-7,11,16,18H,1-4H3,(H,15,17)/t11-/m0/s1. The monoisotopic (exact) mass is 318 g/mol. The molecule has 1 aromatic carbocycles. The number of carbonyl (C=O) groups excluding carboxylic acids is 1. The molecule has 0 spiro atoms. The van der Waals surface area contributed by atoms with Crippen molar-refractivity contribution in [3.63, 3.8) is 0 Å². The third-order valence-corrected chi connectivity index (χ3v) is 4.37. The van der Waals surface area contributed by atoms with Crippen molar-refractivity contribution in [2.24, 2.45) is 5.41 Å². The maximum atomic E-state index is 13.2. The number of aryl methyl sites for hydroxylation is 1. The zero-order valence-electron chi connectivity index (χ0n) is 12.3. The summed E-state index contributed by atoms with van der Waals surface area (Å²) in [7, 11) is -4.03. The first-order valence-corrected chi connectivity index (χ1v) is 7.70. The number of nitrogens with one attached hydrogen (secondary N) is 2. The van der Waals surface area contributed by atoms with Crippen molar-refractivity contribution in [3.8, 4) is 0 Å². The number of hydroxylamine groups is 1. The van der Waals surface area contributed by atoms with Crippen LogP contribution in [0.2, 0.25) is 0 Å². The summed E-state index contributed by atoms with van der Waals surface area (Å²) < 4.78 is 40.0. The van der Waals surface area contributed by atoms with Gasteiger partial charge in [-0.2, -0.15) is 4.72 Å². The molecule has 1 aromatic rings. The summed E-state index contributed by atoms with van der Waals surface area (Å²) in [6.45, 7) is 6.37. The first kappa shape index (κ1) is 17.5. The molecule has 1 rings (SSSR count). The van der Waals surface area contributed by atoms with Crippen molar-refractivity contribution >= 4 is 15.9 Å². The Balaban J connectivity index is 3.17. The van der Waals surface area contributed by atoms with Crippen LogP contribution in [0.25, 0.3) is 0 Å². The van der Waals surface area contributed by atoms with Crippen LogP contribution < -0.4 is 10.2 Å². The van der Waals surface area contributed by atoms with Gasteiger partial charge in [0, 0.05) is 0 Å². The molecule has 3 N–H and O–H groups in total. The highest BCUT2D eigenvalue weighted by Gasteiger charge is 2.35. The molecule has 6 nitrogen and oxygen atoms in total. The molecule has 8 heteroatoms. The number of halogens is 1. The first-order valence-electron chi connectivity index (χ1n) is 6.21. The van der Waals surface area contributed by atoms with Gasteiger partial charge in [-0.1, -0.05) is 20.8 Å². The number of hydrogen-bond acceptors (Lipinski definition) is 4. The van der Waals surface area contributed by atoms with Crippen LogP contribution in [-0.2, 0) is 14.8 Å². The molecular weight excluding hydrogens is 299 g/mol. The van der Waals surface area contributed by atoms with E-state index in [2.05, 4.69) is 4.72 Å². The summed E-state index contributed by atoms with van der Waals surface area (Å²) in [6, 6.07) is 2.15. The van der Waals surface area contributed by atoms with E-state index in [0.717, 1.165) is 12.1 Å². The van der Waals surface area contributed by atoms with E-state index in [1.54, 1.807) is 20.8 Å². The van der Waals surface area contributed by atoms with Crippen LogP contribution in [0, 0.1) is 18.2 Å². The smallest absolute Gasteiger partial charge is 0.262 e. The normalized spacial score (nSPS) is 13.8. The average Bonchev–Trinajstić information content (AvgIpc) is 2.37. The Bertz CT molecular complexity index is 638. The Morgan fingerprint density at radius 2 is 1.90 bits per heavy atom. The van der Waals surface area contributed by atoms with Gasteiger partial charge < -0.3 is 0 Å². The van der Waals surface area contributed by atoms with Gasteiger partial charge >= 0.3 is 0 Å². The minimum Gasteiger partial charge on any atom is -0.289 e. The third-order valence-electron chi connectivity index (χ3n) is 2.95. The van der Waals surface area contributed by atoms with Gasteiger partial charge in [-0.15, -0.1) is 0 Å². The minimum atomic E-state index is -4.03. The van der Waals surface area contributed by atoms with E-state index in [1.165, 1.54) is 18.5 Å². The van der Waals surface area contributed by atoms with E-state index in [4.69, 9.17) is 5.21 Å². The Kier molecular flexibility index (Phi) is 5.08. The van der Waals surface area contributed by atoms with Crippen LogP contribution in [-0.4, -0.2) is 25.6 Å². The summed E-state index contributed by atoms with van der Waals surface area (Å²) in [5.74, 6) is -1.39. The van der Waals surface area contributed by atoms with Gasteiger partial charge in [-0.25, -0.2) is 18.3 Å². The van der Waals surface area contributed by atoms with E-state index in [0.29, 0.717) is 0 Å². The average molecular weight is 318 g/mol. The summed E-state index contributed by atoms with van der Waals surface area (Å²) in [5.41, 5.74) is 0.849. The molecule has 21 heavy (non-hydrogen) atoms. The predicted molar refractivity (Wildman–Crippen MR) is 74.6 cm³/mol. The van der Waals surface area contributed by atoms with Gasteiger partial charge in [-0.3, -0.25) is 10.0 Å². The molecule has 0 bridgehead atoms. The van der Waals surface area contributed by atoms with Gasteiger partial charge in [0.1, 0.15) is 11.9 Å². The van der Waals surface area contributed by atoms with Crippen molar-refractivity contribution in [2.75, 3.05) is 0 Å². The van der Waals surface area contributed by atoms with Crippen LogP contribution in [0.3, 0.4) is 0 Å². The third kappa shape index (κ3) is 4.23. The fourth-order valence-corrected chi connectivity index (χ4v) is 3.18. The minimum absolute atomic E-state index is 0.151. The highest BCUT2D eigenvalue weighted by atomic mass is 32.2. The molecule has 0 aromatic heterocycles. The van der Waals surface area contributed by atoms with Crippen molar-refractivity contribution in [1.29, 1.82) is 0 Å². The molecule has 0 unspecified atom stereocenters. The van der Waals surface area contributed by atoms with Crippen molar-refractivity contribution in [1.82, 2.24) is 10.2 Å². The van der Waals surface area contributed by atoms with Crippen LogP contribution in [0.4, 0.5) is 4.39 Å². The number of amides is 1. The van der Waals surface area contributed by atoms with Crippen LogP contribution in [0.5, 0.6) is 0 Å². The lowest BCUT2D eigenvalue weighted by atomic mass is 9.87.